The van der Waals surface area contributed by atoms with Crippen LogP contribution < -0.4 is 0 Å². The summed E-state index contributed by atoms with van der Waals surface area (Å²) in [7, 11) is 1.95. The number of aryl methyl sites for hydroxylation is 1. The number of hydrogen-bond donors (Lipinski definition) is 0. The summed E-state index contributed by atoms with van der Waals surface area (Å²) in [6.45, 7) is 1.90. The first-order valence-corrected chi connectivity index (χ1v) is 7.07. The van der Waals surface area contributed by atoms with Gasteiger partial charge in [0.1, 0.15) is 5.76 Å². The SMILES string of the molecule is Cc1cc(CSc2nnc(-c3ccncc3)n2C)on1. The van der Waals surface area contributed by atoms with Crippen LogP contribution in [0, 0.1) is 6.92 Å². The van der Waals surface area contributed by atoms with Gasteiger partial charge in [0.15, 0.2) is 11.0 Å². The molecule has 0 spiro atoms. The molecule has 0 aliphatic rings. The minimum absolute atomic E-state index is 0.684. The summed E-state index contributed by atoms with van der Waals surface area (Å²) in [5.41, 5.74) is 1.88. The summed E-state index contributed by atoms with van der Waals surface area (Å²) in [5, 5.41) is 13.1. The number of thioether (sulfide) groups is 1. The molecule has 0 bridgehead atoms. The molecule has 0 saturated carbocycles. The largest absolute Gasteiger partial charge is 0.360 e. The first-order valence-electron chi connectivity index (χ1n) is 6.09. The van der Waals surface area contributed by atoms with Crippen molar-refractivity contribution in [1.82, 2.24) is 24.9 Å². The first kappa shape index (κ1) is 12.9. The van der Waals surface area contributed by atoms with Gasteiger partial charge in [-0.3, -0.25) is 4.98 Å². The number of pyridine rings is 1. The summed E-state index contributed by atoms with van der Waals surface area (Å²) < 4.78 is 7.14. The van der Waals surface area contributed by atoms with Crippen molar-refractivity contribution in [2.24, 2.45) is 7.05 Å². The third-order valence-corrected chi connectivity index (χ3v) is 3.84. The molecule has 0 unspecified atom stereocenters. The standard InChI is InChI=1S/C13H13N5OS/c1-9-7-11(19-17-9)8-20-13-16-15-12(18(13)2)10-3-5-14-6-4-10/h3-7H,8H2,1-2H3. The van der Waals surface area contributed by atoms with Crippen molar-refractivity contribution >= 4 is 11.8 Å². The Morgan fingerprint density at radius 2 is 2.05 bits per heavy atom. The van der Waals surface area contributed by atoms with Crippen molar-refractivity contribution in [2.75, 3.05) is 0 Å². The molecule has 3 aromatic rings. The Balaban J connectivity index is 1.77. The maximum absolute atomic E-state index is 5.18. The summed E-state index contributed by atoms with van der Waals surface area (Å²) in [6, 6.07) is 5.75. The molecule has 0 N–H and O–H groups in total. The molecule has 6 nitrogen and oxygen atoms in total. The number of nitrogens with zero attached hydrogens (tertiary/aromatic N) is 5. The van der Waals surface area contributed by atoms with Crippen LogP contribution in [0.15, 0.2) is 40.3 Å². The molecule has 3 aromatic heterocycles. The van der Waals surface area contributed by atoms with E-state index in [0.717, 1.165) is 28.0 Å². The average Bonchev–Trinajstić information content (AvgIpc) is 3.04. The predicted octanol–water partition coefficient (Wildman–Crippen LogP) is 2.47. The molecule has 7 heteroatoms. The maximum atomic E-state index is 5.18. The summed E-state index contributed by atoms with van der Waals surface area (Å²) >= 11 is 1.57. The van der Waals surface area contributed by atoms with Crippen LogP contribution in [0.3, 0.4) is 0 Å². The number of rotatable bonds is 4. The van der Waals surface area contributed by atoms with Crippen molar-refractivity contribution in [2.45, 2.75) is 17.8 Å². The first-order chi connectivity index (χ1) is 9.74. The minimum atomic E-state index is 0.684. The quantitative estimate of drug-likeness (QED) is 0.687. The van der Waals surface area contributed by atoms with E-state index in [2.05, 4.69) is 20.3 Å². The topological polar surface area (TPSA) is 69.6 Å². The van der Waals surface area contributed by atoms with E-state index in [1.807, 2.05) is 36.7 Å². The van der Waals surface area contributed by atoms with E-state index in [1.54, 1.807) is 24.2 Å². The van der Waals surface area contributed by atoms with Gasteiger partial charge in [0, 0.05) is 31.1 Å². The smallest absolute Gasteiger partial charge is 0.191 e. The second kappa shape index (κ2) is 5.46. The second-order valence-corrected chi connectivity index (χ2v) is 5.27. The lowest BCUT2D eigenvalue weighted by atomic mass is 10.2. The van der Waals surface area contributed by atoms with Gasteiger partial charge in [-0.2, -0.15) is 0 Å². The van der Waals surface area contributed by atoms with Gasteiger partial charge in [-0.1, -0.05) is 16.9 Å². The molecule has 0 radical (unpaired) electrons. The Kier molecular flexibility index (Phi) is 3.51. The van der Waals surface area contributed by atoms with Crippen molar-refractivity contribution in [3.8, 4) is 11.4 Å². The highest BCUT2D eigenvalue weighted by Gasteiger charge is 2.12. The number of aromatic nitrogens is 5. The molecule has 0 fully saturated rings. The van der Waals surface area contributed by atoms with E-state index < -0.39 is 0 Å². The normalized spacial score (nSPS) is 10.9. The Bertz CT molecular complexity index is 707. The van der Waals surface area contributed by atoms with Gasteiger partial charge >= 0.3 is 0 Å². The lowest BCUT2D eigenvalue weighted by molar-refractivity contribution is 0.391. The Morgan fingerprint density at radius 1 is 1.25 bits per heavy atom. The summed E-state index contributed by atoms with van der Waals surface area (Å²) in [6.07, 6.45) is 3.49. The Hall–Kier alpha value is -2.15. The molecular formula is C13H13N5OS. The molecule has 0 atom stereocenters. The zero-order valence-corrected chi connectivity index (χ0v) is 12.0. The molecule has 3 heterocycles. The predicted molar refractivity (Wildman–Crippen MR) is 75.0 cm³/mol. The molecule has 0 aromatic carbocycles. The third kappa shape index (κ3) is 2.57. The molecule has 0 aliphatic carbocycles. The van der Waals surface area contributed by atoms with Gasteiger partial charge in [-0.05, 0) is 19.1 Å². The van der Waals surface area contributed by atoms with Crippen LogP contribution in [-0.4, -0.2) is 24.9 Å². The van der Waals surface area contributed by atoms with Crippen LogP contribution in [0.4, 0.5) is 0 Å². The van der Waals surface area contributed by atoms with Gasteiger partial charge in [0.2, 0.25) is 0 Å². The minimum Gasteiger partial charge on any atom is -0.360 e. The van der Waals surface area contributed by atoms with Crippen LogP contribution in [0.5, 0.6) is 0 Å². The molecule has 102 valence electrons. The average molecular weight is 287 g/mol. The van der Waals surface area contributed by atoms with Gasteiger partial charge in [0.25, 0.3) is 0 Å². The molecule has 3 rings (SSSR count). The third-order valence-electron chi connectivity index (χ3n) is 2.79. The van der Waals surface area contributed by atoms with E-state index in [1.165, 1.54) is 0 Å². The molecule has 20 heavy (non-hydrogen) atoms. The van der Waals surface area contributed by atoms with Crippen molar-refractivity contribution in [3.63, 3.8) is 0 Å². The highest BCUT2D eigenvalue weighted by atomic mass is 32.2. The maximum Gasteiger partial charge on any atom is 0.191 e. The van der Waals surface area contributed by atoms with Gasteiger partial charge in [-0.25, -0.2) is 0 Å². The highest BCUT2D eigenvalue weighted by molar-refractivity contribution is 7.98. The van der Waals surface area contributed by atoms with E-state index in [4.69, 9.17) is 4.52 Å². The lowest BCUT2D eigenvalue weighted by Gasteiger charge is -2.02. The van der Waals surface area contributed by atoms with E-state index in [-0.39, 0.29) is 0 Å². The van der Waals surface area contributed by atoms with Crippen molar-refractivity contribution < 1.29 is 4.52 Å². The van der Waals surface area contributed by atoms with Gasteiger partial charge in [-0.15, -0.1) is 10.2 Å². The highest BCUT2D eigenvalue weighted by Crippen LogP contribution is 2.24. The monoisotopic (exact) mass is 287 g/mol. The van der Waals surface area contributed by atoms with Gasteiger partial charge in [0.05, 0.1) is 11.4 Å². The molecular weight excluding hydrogens is 274 g/mol. The lowest BCUT2D eigenvalue weighted by Crippen LogP contribution is -1.95. The fourth-order valence-corrected chi connectivity index (χ4v) is 2.60. The molecule has 0 amide bonds. The molecule has 0 aliphatic heterocycles. The van der Waals surface area contributed by atoms with Crippen LogP contribution in [0.2, 0.25) is 0 Å². The van der Waals surface area contributed by atoms with Crippen LogP contribution in [0.1, 0.15) is 11.5 Å². The molecule has 0 saturated heterocycles. The summed E-state index contributed by atoms with van der Waals surface area (Å²) in [5.74, 6) is 2.34. The van der Waals surface area contributed by atoms with Crippen molar-refractivity contribution in [1.29, 1.82) is 0 Å². The van der Waals surface area contributed by atoms with E-state index in [9.17, 15) is 0 Å². The Morgan fingerprint density at radius 3 is 2.75 bits per heavy atom. The second-order valence-electron chi connectivity index (χ2n) is 4.32. The Labute approximate surface area is 120 Å². The van der Waals surface area contributed by atoms with Gasteiger partial charge < -0.3 is 9.09 Å². The zero-order valence-electron chi connectivity index (χ0n) is 11.1. The van der Waals surface area contributed by atoms with Crippen LogP contribution >= 0.6 is 11.8 Å². The summed E-state index contributed by atoms with van der Waals surface area (Å²) in [4.78, 5) is 4.00. The fourth-order valence-electron chi connectivity index (χ4n) is 1.81. The van der Waals surface area contributed by atoms with Crippen molar-refractivity contribution in [3.05, 3.63) is 42.0 Å². The van der Waals surface area contributed by atoms with E-state index in [0.29, 0.717) is 5.75 Å². The van der Waals surface area contributed by atoms with Crippen LogP contribution in [-0.2, 0) is 12.8 Å². The number of hydrogen-bond acceptors (Lipinski definition) is 6. The van der Waals surface area contributed by atoms with E-state index >= 15 is 0 Å². The fraction of sp³-hybridized carbons (Fsp3) is 0.231. The zero-order chi connectivity index (χ0) is 13.9. The van der Waals surface area contributed by atoms with Crippen LogP contribution in [0.25, 0.3) is 11.4 Å².